The summed E-state index contributed by atoms with van der Waals surface area (Å²) >= 11 is 0. The lowest BCUT2D eigenvalue weighted by Crippen LogP contribution is -2.48. The molecule has 0 saturated carbocycles. The van der Waals surface area contributed by atoms with E-state index in [9.17, 15) is 43.0 Å². The smallest absolute Gasteiger partial charge is 0.335 e. The Hall–Kier alpha value is -5.64. The van der Waals surface area contributed by atoms with E-state index in [-0.39, 0.29) is 126 Å². The number of fused-ring (bicyclic) bond motifs is 4. The monoisotopic (exact) mass is 1100 g/mol. The Morgan fingerprint density at radius 1 is 0.693 bits per heavy atom. The molecule has 8 rings (SSSR count). The van der Waals surface area contributed by atoms with E-state index in [0.29, 0.717) is 5.06 Å². The van der Waals surface area contributed by atoms with Gasteiger partial charge in [0.2, 0.25) is 17.8 Å². The zero-order chi connectivity index (χ0) is 53.4. The van der Waals surface area contributed by atoms with E-state index < -0.39 is 112 Å². The minimum Gasteiger partial charge on any atom is -0.386 e. The Morgan fingerprint density at radius 2 is 1.13 bits per heavy atom. The lowest BCUT2D eigenvalue weighted by Gasteiger charge is -2.30. The number of carbonyl (C=O) groups is 4. The van der Waals surface area contributed by atoms with Crippen molar-refractivity contribution >= 4 is 73.1 Å². The molecule has 412 valence electrons. The number of anilines is 2. The molecule has 4 fully saturated rings. The zero-order valence-electron chi connectivity index (χ0n) is 40.4. The fourth-order valence-electron chi connectivity index (χ4n) is 8.15. The van der Waals surface area contributed by atoms with Gasteiger partial charge in [-0.15, -0.1) is 5.06 Å². The summed E-state index contributed by atoms with van der Waals surface area (Å²) in [5.41, 5.74) is 10.00. The van der Waals surface area contributed by atoms with Gasteiger partial charge in [0.25, 0.3) is 22.9 Å². The van der Waals surface area contributed by atoms with E-state index in [1.807, 2.05) is 0 Å². The van der Waals surface area contributed by atoms with Gasteiger partial charge in [-0.25, -0.2) is 14.8 Å². The predicted molar refractivity (Wildman–Crippen MR) is 250 cm³/mol. The van der Waals surface area contributed by atoms with Gasteiger partial charge in [-0.3, -0.25) is 56.7 Å². The van der Waals surface area contributed by atoms with Crippen LogP contribution < -0.4 is 27.9 Å². The molecule has 8 N–H and O–H groups in total. The molecule has 0 radical (unpaired) electrons. The number of hydroxylamine groups is 2. The fraction of sp³-hybridized carbons (Fsp3) is 0.650. The quantitative estimate of drug-likeness (QED) is 0.0281. The Bertz CT molecular complexity index is 2900. The van der Waals surface area contributed by atoms with Crippen molar-refractivity contribution in [2.75, 3.05) is 104 Å². The van der Waals surface area contributed by atoms with E-state index in [4.69, 9.17) is 67.6 Å². The molecule has 4 saturated heterocycles. The Kier molecular flexibility index (Phi) is 18.2. The maximum absolute atomic E-state index is 14.3. The largest absolute Gasteiger partial charge is 0.386 e. The van der Waals surface area contributed by atoms with E-state index >= 15 is 0 Å². The number of hydrogen-bond donors (Lipinski definition) is 6. The summed E-state index contributed by atoms with van der Waals surface area (Å²) < 4.78 is 94.5. The van der Waals surface area contributed by atoms with Crippen LogP contribution in [0.15, 0.2) is 22.2 Å². The SMILES string of the molecule is CP1(=O)OC[C@H]2O[C@@H](n3cnc4c(=O)[nH]c(N)nc43)C(O)[C@H]2OP(C)(=O)OC[C@H]2O[C@@H](n3cnc4c(=O)[nH]c(N)nc43)[C@@H](NC(=O)CCOCCOCCOCCOCCOCCC(=O)ON3C(=O)CCC3=O)C2O1. The van der Waals surface area contributed by atoms with Crippen LogP contribution in [0.2, 0.25) is 0 Å². The minimum absolute atomic E-state index is 0.0103. The average molecular weight is 1100 g/mol. The number of rotatable bonds is 22. The maximum atomic E-state index is 14.3. The van der Waals surface area contributed by atoms with E-state index in [0.717, 1.165) is 13.3 Å². The third-order valence-corrected chi connectivity index (χ3v) is 14.1. The molecule has 4 aliphatic rings. The van der Waals surface area contributed by atoms with Gasteiger partial charge in [0.05, 0.1) is 98.4 Å². The number of nitrogens with one attached hydrogen (secondary N) is 3. The fourth-order valence-corrected chi connectivity index (χ4v) is 10.5. The molecular weight excluding hydrogens is 1050 g/mol. The number of amides is 3. The Labute approximate surface area is 423 Å². The van der Waals surface area contributed by atoms with Crippen LogP contribution >= 0.6 is 15.2 Å². The van der Waals surface area contributed by atoms with Crippen LogP contribution in [0.4, 0.5) is 11.9 Å². The Balaban J connectivity index is 0.812. The van der Waals surface area contributed by atoms with Gasteiger partial charge in [0, 0.05) is 32.6 Å². The molecule has 10 atom stereocenters. The van der Waals surface area contributed by atoms with Crippen LogP contribution in [0, 0.1) is 0 Å². The molecule has 8 heterocycles. The number of nitrogens with zero attached hydrogens (tertiary/aromatic N) is 7. The van der Waals surface area contributed by atoms with Crippen LogP contribution in [0.1, 0.15) is 38.1 Å². The molecule has 4 unspecified atom stereocenters. The van der Waals surface area contributed by atoms with Crippen molar-refractivity contribution in [1.82, 2.24) is 49.4 Å². The highest BCUT2D eigenvalue weighted by Crippen LogP contribution is 2.54. The van der Waals surface area contributed by atoms with Gasteiger partial charge in [-0.2, -0.15) is 9.97 Å². The van der Waals surface area contributed by atoms with Crippen LogP contribution in [0.5, 0.6) is 0 Å². The number of imidazole rings is 2. The molecule has 0 bridgehead atoms. The summed E-state index contributed by atoms with van der Waals surface area (Å²) in [4.78, 5) is 99.7. The molecule has 4 aromatic heterocycles. The van der Waals surface area contributed by atoms with E-state index in [1.54, 1.807) is 0 Å². The molecule has 4 aliphatic heterocycles. The van der Waals surface area contributed by atoms with Crippen molar-refractivity contribution in [3.05, 3.63) is 33.4 Å². The predicted octanol–water partition coefficient (Wildman–Crippen LogP) is -2.01. The molecule has 4 aromatic rings. The second-order valence-electron chi connectivity index (χ2n) is 17.1. The number of aromatic amines is 2. The summed E-state index contributed by atoms with van der Waals surface area (Å²) in [6, 6.07) is -1.25. The van der Waals surface area contributed by atoms with Crippen molar-refractivity contribution in [2.45, 2.75) is 74.7 Å². The van der Waals surface area contributed by atoms with Gasteiger partial charge in [0.1, 0.15) is 36.6 Å². The summed E-state index contributed by atoms with van der Waals surface area (Å²) in [7, 11) is -8.40. The van der Waals surface area contributed by atoms with E-state index in [2.05, 4.69) is 35.2 Å². The summed E-state index contributed by atoms with van der Waals surface area (Å²) in [5, 5.41) is 14.9. The third kappa shape index (κ3) is 13.9. The van der Waals surface area contributed by atoms with Gasteiger partial charge < -0.3 is 73.5 Å². The number of aliphatic hydroxyl groups excluding tert-OH is 1. The summed E-state index contributed by atoms with van der Waals surface area (Å²) in [5.74, 6) is -2.94. The van der Waals surface area contributed by atoms with Gasteiger partial charge in [0.15, 0.2) is 34.8 Å². The van der Waals surface area contributed by atoms with E-state index in [1.165, 1.54) is 21.8 Å². The first-order valence-electron chi connectivity index (χ1n) is 23.4. The van der Waals surface area contributed by atoms with Crippen LogP contribution in [-0.4, -0.2) is 202 Å². The summed E-state index contributed by atoms with van der Waals surface area (Å²) in [6.07, 6.45) is -7.56. The van der Waals surface area contributed by atoms with Crippen molar-refractivity contribution in [2.24, 2.45) is 0 Å². The Morgan fingerprint density at radius 3 is 1.65 bits per heavy atom. The highest BCUT2D eigenvalue weighted by atomic mass is 31.2. The molecule has 75 heavy (non-hydrogen) atoms. The number of hydrogen-bond acceptors (Lipinski definition) is 27. The number of ether oxygens (including phenoxy) is 7. The number of aliphatic hydroxyl groups is 1. The maximum Gasteiger partial charge on any atom is 0.335 e. The standard InChI is InChI=1S/C40H56N12O21P2/c1-74(60)68-18-22-32(30(57)38(70-22)51-20-44-29-34(51)47-40(42)49-36(29)59)73-75(2,61)67-17-21-31(72-74)27(37(69-21)50-19-43-28-33(50)46-39(41)48-35(28)58)45-23(53)5-7-62-9-11-64-13-15-66-16-14-65-12-10-63-8-6-26(56)71-52-24(54)3-4-25(52)55/h19-22,27,30-32,37-38,57H,3-18H2,1-2H3,(H,45,53)(H3,41,46,48,58)(H3,42,47,49,59)/t21-,22-,27+,30?,31?,32+,37-,38-,74?,75?/m1/s1. The highest BCUT2D eigenvalue weighted by molar-refractivity contribution is 7.53. The van der Waals surface area contributed by atoms with Gasteiger partial charge >= 0.3 is 21.2 Å². The lowest BCUT2D eigenvalue weighted by atomic mass is 10.1. The number of H-pyrrole nitrogens is 2. The van der Waals surface area contributed by atoms with Crippen molar-refractivity contribution < 1.29 is 89.5 Å². The van der Waals surface area contributed by atoms with Crippen molar-refractivity contribution in [1.29, 1.82) is 0 Å². The molecule has 0 aromatic carbocycles. The summed E-state index contributed by atoms with van der Waals surface area (Å²) in [6.45, 7) is 2.87. The van der Waals surface area contributed by atoms with Crippen LogP contribution in [0.25, 0.3) is 22.3 Å². The first-order valence-corrected chi connectivity index (χ1v) is 27.3. The average Bonchev–Trinajstić information content (AvgIpc) is 4.19. The second-order valence-corrected chi connectivity index (χ2v) is 21.2. The van der Waals surface area contributed by atoms with Gasteiger partial charge in [-0.1, -0.05) is 0 Å². The van der Waals surface area contributed by atoms with Crippen LogP contribution in [0.3, 0.4) is 0 Å². The molecule has 0 spiro atoms. The normalized spacial score (nSPS) is 28.3. The second kappa shape index (κ2) is 24.6. The molecule has 3 amide bonds. The molecule has 35 heteroatoms. The minimum atomic E-state index is -4.22. The number of aromatic nitrogens is 8. The molecular formula is C40H56N12O21P2. The number of imide groups is 1. The third-order valence-electron chi connectivity index (χ3n) is 11.6. The topological polar surface area (TPSA) is 428 Å². The van der Waals surface area contributed by atoms with Crippen molar-refractivity contribution in [3.63, 3.8) is 0 Å². The first-order chi connectivity index (χ1) is 35.9. The van der Waals surface area contributed by atoms with Crippen LogP contribution in [-0.2, 0) is 84.4 Å². The molecule has 0 aliphatic carbocycles. The highest BCUT2D eigenvalue weighted by Gasteiger charge is 2.53. The number of carbonyl (C=O) groups excluding carboxylic acids is 4. The molecule has 33 nitrogen and oxygen atoms in total. The van der Waals surface area contributed by atoms with Crippen molar-refractivity contribution in [3.8, 4) is 0 Å². The van der Waals surface area contributed by atoms with Gasteiger partial charge in [-0.05, 0) is 0 Å². The first kappa shape index (κ1) is 55.6. The number of nitrogens with two attached hydrogens (primary N) is 2. The number of nitrogen functional groups attached to an aromatic ring is 2. The lowest BCUT2D eigenvalue weighted by molar-refractivity contribution is -0.198. The zero-order valence-corrected chi connectivity index (χ0v) is 42.2.